The third kappa shape index (κ3) is 28.9. The predicted molar refractivity (Wildman–Crippen MR) is 127 cm³/mol. The van der Waals surface area contributed by atoms with E-state index in [1.165, 1.54) is 0 Å². The van der Waals surface area contributed by atoms with Crippen molar-refractivity contribution in [3.63, 3.8) is 0 Å². The number of ether oxygens (including phenoxy) is 9. The largest absolute Gasteiger partial charge is 0.460 e. The standard InChI is InChI=1S/C24H46O10/c1-5-7-26-9-11-28-13-15-30-17-19-32-21-22-33-20-18-31-16-14-29-12-10-27-8-6-23(25)34-24(2,3)4/h5H,1,6-22H2,2-4H3. The summed E-state index contributed by atoms with van der Waals surface area (Å²) in [6, 6.07) is 0. The minimum Gasteiger partial charge on any atom is -0.460 e. The van der Waals surface area contributed by atoms with Gasteiger partial charge in [0.2, 0.25) is 0 Å². The highest BCUT2D eigenvalue weighted by molar-refractivity contribution is 5.69. The zero-order chi connectivity index (χ0) is 25.2. The maximum absolute atomic E-state index is 11.5. The molecule has 0 radical (unpaired) electrons. The van der Waals surface area contributed by atoms with Gasteiger partial charge in [-0.1, -0.05) is 6.08 Å². The van der Waals surface area contributed by atoms with Crippen molar-refractivity contribution in [2.75, 3.05) is 106 Å². The van der Waals surface area contributed by atoms with Gasteiger partial charge in [0, 0.05) is 0 Å². The molecule has 0 unspecified atom stereocenters. The van der Waals surface area contributed by atoms with Gasteiger partial charge in [-0.2, -0.15) is 0 Å². The van der Waals surface area contributed by atoms with Gasteiger partial charge < -0.3 is 42.6 Å². The molecular weight excluding hydrogens is 448 g/mol. The molecule has 0 aromatic rings. The molecule has 0 saturated carbocycles. The van der Waals surface area contributed by atoms with E-state index >= 15 is 0 Å². The lowest BCUT2D eigenvalue weighted by Gasteiger charge is -2.19. The molecule has 0 aliphatic rings. The van der Waals surface area contributed by atoms with Gasteiger partial charge in [0.05, 0.1) is 112 Å². The molecule has 0 atom stereocenters. The minimum absolute atomic E-state index is 0.238. The van der Waals surface area contributed by atoms with Crippen LogP contribution in [0.4, 0.5) is 0 Å². The van der Waals surface area contributed by atoms with E-state index in [0.717, 1.165) is 0 Å². The van der Waals surface area contributed by atoms with Gasteiger partial charge in [0.1, 0.15) is 5.60 Å². The van der Waals surface area contributed by atoms with Crippen LogP contribution in [0.3, 0.4) is 0 Å². The number of hydrogen-bond acceptors (Lipinski definition) is 10. The normalized spacial score (nSPS) is 11.6. The fraction of sp³-hybridized carbons (Fsp3) is 0.875. The number of hydrogen-bond donors (Lipinski definition) is 0. The van der Waals surface area contributed by atoms with E-state index in [0.29, 0.717) is 106 Å². The van der Waals surface area contributed by atoms with E-state index in [4.69, 9.17) is 42.6 Å². The lowest BCUT2D eigenvalue weighted by Crippen LogP contribution is -2.24. The Kier molecular flexibility index (Phi) is 24.2. The lowest BCUT2D eigenvalue weighted by atomic mass is 10.2. The Labute approximate surface area is 205 Å². The van der Waals surface area contributed by atoms with Crippen molar-refractivity contribution in [1.82, 2.24) is 0 Å². The molecule has 34 heavy (non-hydrogen) atoms. The second-order valence-corrected chi connectivity index (χ2v) is 7.99. The van der Waals surface area contributed by atoms with Crippen molar-refractivity contribution in [3.8, 4) is 0 Å². The molecule has 0 fully saturated rings. The van der Waals surface area contributed by atoms with Crippen LogP contribution in [0.15, 0.2) is 12.7 Å². The summed E-state index contributed by atoms with van der Waals surface area (Å²) >= 11 is 0. The van der Waals surface area contributed by atoms with Gasteiger partial charge in [0.15, 0.2) is 0 Å². The van der Waals surface area contributed by atoms with Crippen molar-refractivity contribution >= 4 is 5.97 Å². The molecule has 0 rings (SSSR count). The van der Waals surface area contributed by atoms with Crippen LogP contribution in [0.2, 0.25) is 0 Å². The first kappa shape index (κ1) is 32.9. The van der Waals surface area contributed by atoms with Gasteiger partial charge in [-0.05, 0) is 20.8 Å². The first-order chi connectivity index (χ1) is 16.5. The second-order valence-electron chi connectivity index (χ2n) is 7.99. The molecule has 0 saturated heterocycles. The Balaban J connectivity index is 3.10. The highest BCUT2D eigenvalue weighted by Gasteiger charge is 2.15. The van der Waals surface area contributed by atoms with Crippen LogP contribution in [0, 0.1) is 0 Å². The van der Waals surface area contributed by atoms with Crippen LogP contribution >= 0.6 is 0 Å². The average molecular weight is 495 g/mol. The molecule has 0 aliphatic heterocycles. The fourth-order valence-corrected chi connectivity index (χ4v) is 2.25. The van der Waals surface area contributed by atoms with E-state index in [-0.39, 0.29) is 12.4 Å². The third-order valence-corrected chi connectivity index (χ3v) is 3.71. The molecule has 0 N–H and O–H groups in total. The molecule has 0 heterocycles. The maximum atomic E-state index is 11.5. The summed E-state index contributed by atoms with van der Waals surface area (Å²) in [5.41, 5.74) is -0.466. The van der Waals surface area contributed by atoms with Crippen LogP contribution in [-0.4, -0.2) is 117 Å². The summed E-state index contributed by atoms with van der Waals surface area (Å²) in [6.45, 7) is 17.0. The number of esters is 1. The van der Waals surface area contributed by atoms with Crippen molar-refractivity contribution in [2.24, 2.45) is 0 Å². The van der Waals surface area contributed by atoms with Crippen molar-refractivity contribution < 1.29 is 47.4 Å². The van der Waals surface area contributed by atoms with Gasteiger partial charge in [-0.25, -0.2) is 0 Å². The molecule has 0 aromatic heterocycles. The Morgan fingerprint density at radius 1 is 0.559 bits per heavy atom. The zero-order valence-corrected chi connectivity index (χ0v) is 21.4. The van der Waals surface area contributed by atoms with Crippen molar-refractivity contribution in [3.05, 3.63) is 12.7 Å². The first-order valence-corrected chi connectivity index (χ1v) is 11.9. The summed E-state index contributed by atoms with van der Waals surface area (Å²) in [4.78, 5) is 11.5. The van der Waals surface area contributed by atoms with Gasteiger partial charge in [-0.3, -0.25) is 4.79 Å². The number of rotatable bonds is 26. The Morgan fingerprint density at radius 2 is 0.853 bits per heavy atom. The van der Waals surface area contributed by atoms with E-state index in [2.05, 4.69) is 6.58 Å². The highest BCUT2D eigenvalue weighted by Crippen LogP contribution is 2.07. The van der Waals surface area contributed by atoms with Crippen molar-refractivity contribution in [2.45, 2.75) is 32.8 Å². The van der Waals surface area contributed by atoms with Crippen LogP contribution in [-0.2, 0) is 47.4 Å². The fourth-order valence-electron chi connectivity index (χ4n) is 2.25. The molecule has 0 bridgehead atoms. The number of carbonyl (C=O) groups is 1. The van der Waals surface area contributed by atoms with E-state index in [1.54, 1.807) is 6.08 Å². The predicted octanol–water partition coefficient (Wildman–Crippen LogP) is 2.04. The van der Waals surface area contributed by atoms with Crippen LogP contribution < -0.4 is 0 Å². The third-order valence-electron chi connectivity index (χ3n) is 3.71. The monoisotopic (exact) mass is 494 g/mol. The lowest BCUT2D eigenvalue weighted by molar-refractivity contribution is -0.156. The molecule has 10 heteroatoms. The van der Waals surface area contributed by atoms with Crippen LogP contribution in [0.5, 0.6) is 0 Å². The molecule has 0 aliphatic carbocycles. The molecule has 10 nitrogen and oxygen atoms in total. The summed E-state index contributed by atoms with van der Waals surface area (Å²) in [5.74, 6) is -0.260. The van der Waals surface area contributed by atoms with E-state index in [1.807, 2.05) is 20.8 Å². The van der Waals surface area contributed by atoms with Gasteiger partial charge >= 0.3 is 5.97 Å². The summed E-state index contributed by atoms with van der Waals surface area (Å²) in [7, 11) is 0. The quantitative estimate of drug-likeness (QED) is 0.101. The second kappa shape index (κ2) is 25.0. The van der Waals surface area contributed by atoms with Gasteiger partial charge in [0.25, 0.3) is 0 Å². The minimum atomic E-state index is -0.466. The molecular formula is C24H46O10. The topological polar surface area (TPSA) is 100 Å². The SMILES string of the molecule is C=CCOCCOCCOCCOCCOCCOCCOCCOCCC(=O)OC(C)(C)C. The summed E-state index contributed by atoms with van der Waals surface area (Å²) in [5, 5.41) is 0. The Bertz CT molecular complexity index is 454. The van der Waals surface area contributed by atoms with E-state index < -0.39 is 5.60 Å². The Morgan fingerprint density at radius 3 is 1.15 bits per heavy atom. The average Bonchev–Trinajstić information content (AvgIpc) is 2.78. The van der Waals surface area contributed by atoms with Crippen LogP contribution in [0.1, 0.15) is 27.2 Å². The Hall–Kier alpha value is -1.11. The van der Waals surface area contributed by atoms with Gasteiger partial charge in [-0.15, -0.1) is 6.58 Å². The van der Waals surface area contributed by atoms with Crippen molar-refractivity contribution in [1.29, 1.82) is 0 Å². The summed E-state index contributed by atoms with van der Waals surface area (Å²) in [6.07, 6.45) is 1.95. The van der Waals surface area contributed by atoms with Crippen LogP contribution in [0.25, 0.3) is 0 Å². The number of carbonyl (C=O) groups excluding carboxylic acids is 1. The molecule has 0 aromatic carbocycles. The smallest absolute Gasteiger partial charge is 0.308 e. The van der Waals surface area contributed by atoms with E-state index in [9.17, 15) is 4.79 Å². The first-order valence-electron chi connectivity index (χ1n) is 11.9. The maximum Gasteiger partial charge on any atom is 0.308 e. The molecule has 202 valence electrons. The molecule has 0 amide bonds. The molecule has 0 spiro atoms. The highest BCUT2D eigenvalue weighted by atomic mass is 16.6. The zero-order valence-electron chi connectivity index (χ0n) is 21.4. The summed E-state index contributed by atoms with van der Waals surface area (Å²) < 4.78 is 48.2.